The first-order chi connectivity index (χ1) is 17.2. The minimum Gasteiger partial charge on any atom is -0.298 e. The van der Waals surface area contributed by atoms with Crippen LogP contribution in [-0.4, -0.2) is 25.8 Å². The van der Waals surface area contributed by atoms with Gasteiger partial charge in [0, 0.05) is 0 Å². The highest BCUT2D eigenvalue weighted by Crippen LogP contribution is 2.79. The lowest BCUT2D eigenvalue weighted by atomic mass is 10.0. The summed E-state index contributed by atoms with van der Waals surface area (Å²) in [7, 11) is -4.19. The molecule has 0 bridgehead atoms. The molecule has 5 radical (unpaired) electrons. The highest BCUT2D eigenvalue weighted by molar-refractivity contribution is 7.75. The Balaban J connectivity index is 1.74. The van der Waals surface area contributed by atoms with Crippen LogP contribution >= 0.6 is 15.4 Å². The molecule has 5 rings (SSSR count). The van der Waals surface area contributed by atoms with E-state index in [2.05, 4.69) is 118 Å². The Labute approximate surface area is 219 Å². The molecule has 0 amide bonds. The summed E-state index contributed by atoms with van der Waals surface area (Å²) >= 11 is 0. The van der Waals surface area contributed by atoms with E-state index in [-0.39, 0.29) is 6.04 Å². The van der Waals surface area contributed by atoms with Crippen molar-refractivity contribution in [1.82, 2.24) is 4.67 Å². The molecule has 2 fully saturated rings. The number of rotatable bonds is 6. The van der Waals surface area contributed by atoms with E-state index in [1.54, 1.807) is 0 Å². The van der Waals surface area contributed by atoms with E-state index in [0.717, 1.165) is 11.2 Å². The summed E-state index contributed by atoms with van der Waals surface area (Å²) < 4.78 is 24.4. The predicted octanol–water partition coefficient (Wildman–Crippen LogP) is 7.13. The average molecular weight is 531 g/mol. The summed E-state index contributed by atoms with van der Waals surface area (Å²) in [6.45, 7) is 9.11. The Morgan fingerprint density at radius 2 is 1.33 bits per heavy atom. The topological polar surface area (TPSA) is 29.5 Å². The number of benzene rings is 3. The number of nitrogens with zero attached hydrogens (tertiary/aromatic N) is 1. The van der Waals surface area contributed by atoms with Crippen molar-refractivity contribution in [2.24, 2.45) is 0 Å². The van der Waals surface area contributed by atoms with Crippen LogP contribution < -0.4 is 10.6 Å². The third-order valence-electron chi connectivity index (χ3n) is 7.26. The van der Waals surface area contributed by atoms with Crippen molar-refractivity contribution in [1.29, 1.82) is 0 Å². The number of likely N-dealkylation sites (N-methyl/N-ethyl adjacent to an activating group) is 1. The molecule has 1 aliphatic carbocycles. The summed E-state index contributed by atoms with van der Waals surface area (Å²) in [5, 5.41) is 1.63. The summed E-state index contributed by atoms with van der Waals surface area (Å²) in [6, 6.07) is 31.6. The van der Waals surface area contributed by atoms with Gasteiger partial charge >= 0.3 is 0 Å². The minimum atomic E-state index is -3.35. The standard InChI is InChI=1S/C30H34NO2P2Si/c1-24-30(25-16-9-6-10-17-25,34(26-18-11-7-12-19-26)27-20-13-8-14-21-27)33-35(32,31(24)2)28-22-15-23-29(28)36(3,4)5/h6-24H,1-5H3/t24-,30+,35+/m0/s1. The van der Waals surface area contributed by atoms with E-state index < -0.39 is 28.9 Å². The minimum absolute atomic E-state index is 0.123. The Morgan fingerprint density at radius 3 is 1.83 bits per heavy atom. The third kappa shape index (κ3) is 4.30. The normalized spacial score (nSPS) is 28.2. The molecule has 3 nitrogen and oxygen atoms in total. The van der Waals surface area contributed by atoms with E-state index >= 15 is 4.57 Å². The zero-order chi connectivity index (χ0) is 25.6. The fraction of sp³-hybridized carbons (Fsp3) is 0.233. The average Bonchev–Trinajstić information content (AvgIpc) is 3.47. The maximum absolute atomic E-state index is 15.2. The van der Waals surface area contributed by atoms with Crippen LogP contribution in [0.4, 0.5) is 0 Å². The van der Waals surface area contributed by atoms with Gasteiger partial charge in [-0.2, -0.15) is 0 Å². The zero-order valence-electron chi connectivity index (χ0n) is 21.6. The van der Waals surface area contributed by atoms with Crippen LogP contribution in [0, 0.1) is 30.5 Å². The first-order valence-electron chi connectivity index (χ1n) is 12.5. The molecule has 0 aromatic heterocycles. The van der Waals surface area contributed by atoms with Gasteiger partial charge in [0.1, 0.15) is 5.34 Å². The van der Waals surface area contributed by atoms with Gasteiger partial charge in [0.15, 0.2) is 0 Å². The van der Waals surface area contributed by atoms with Crippen LogP contribution in [0.2, 0.25) is 19.6 Å². The quantitative estimate of drug-likeness (QED) is 0.251. The van der Waals surface area contributed by atoms with Crippen molar-refractivity contribution in [2.75, 3.05) is 7.05 Å². The molecule has 0 spiro atoms. The van der Waals surface area contributed by atoms with E-state index in [1.165, 1.54) is 16.2 Å². The molecule has 2 aliphatic rings. The summed E-state index contributed by atoms with van der Waals surface area (Å²) in [4.78, 5) is 0. The maximum atomic E-state index is 15.2. The first kappa shape index (κ1) is 26.1. The molecular formula is C30H34NO2P2Si. The summed E-state index contributed by atoms with van der Waals surface area (Å²) in [5.74, 6) is 0. The van der Waals surface area contributed by atoms with Crippen molar-refractivity contribution in [3.63, 3.8) is 0 Å². The van der Waals surface area contributed by atoms with Crippen LogP contribution in [0.5, 0.6) is 0 Å². The van der Waals surface area contributed by atoms with Gasteiger partial charge in [0.05, 0.1) is 19.8 Å². The highest BCUT2D eigenvalue weighted by Gasteiger charge is 2.65. The number of hydrogen-bond acceptors (Lipinski definition) is 2. The zero-order valence-corrected chi connectivity index (χ0v) is 24.4. The van der Waals surface area contributed by atoms with Gasteiger partial charge in [-0.15, -0.1) is 0 Å². The molecule has 3 aromatic rings. The van der Waals surface area contributed by atoms with Crippen LogP contribution in [-0.2, 0) is 14.4 Å². The number of hydrogen-bond donors (Lipinski definition) is 0. The third-order valence-corrected chi connectivity index (χ3v) is 15.4. The second-order valence-corrected chi connectivity index (χ2v) is 20.2. The van der Waals surface area contributed by atoms with Gasteiger partial charge in [0.2, 0.25) is 0 Å². The summed E-state index contributed by atoms with van der Waals surface area (Å²) in [5.41, 5.74) is 3.17. The van der Waals surface area contributed by atoms with E-state index in [4.69, 9.17) is 4.52 Å². The monoisotopic (exact) mass is 530 g/mol. The van der Waals surface area contributed by atoms with Crippen LogP contribution in [0.3, 0.4) is 0 Å². The predicted molar refractivity (Wildman–Crippen MR) is 156 cm³/mol. The highest BCUT2D eigenvalue weighted by atomic mass is 31.2. The van der Waals surface area contributed by atoms with Gasteiger partial charge in [-0.3, -0.25) is 9.09 Å². The van der Waals surface area contributed by atoms with Gasteiger partial charge in [-0.25, -0.2) is 4.67 Å². The molecule has 36 heavy (non-hydrogen) atoms. The molecule has 1 saturated heterocycles. The van der Waals surface area contributed by atoms with Gasteiger partial charge < -0.3 is 0 Å². The summed E-state index contributed by atoms with van der Waals surface area (Å²) in [6.07, 6.45) is 6.24. The molecule has 0 unspecified atom stereocenters. The lowest BCUT2D eigenvalue weighted by molar-refractivity contribution is 0.164. The molecule has 0 N–H and O–H groups in total. The van der Waals surface area contributed by atoms with Gasteiger partial charge in [-0.05, 0) is 62.9 Å². The first-order valence-corrected chi connectivity index (χ1v) is 18.9. The van der Waals surface area contributed by atoms with Crippen LogP contribution in [0.15, 0.2) is 91.0 Å². The fourth-order valence-electron chi connectivity index (χ4n) is 5.34. The molecule has 1 saturated carbocycles. The SMILES string of the molecule is C[C@@H]1N(C)[P@@](=O)([C]2[CH][CH][CH][C]2[Si](C)(C)C)O[C@@]1(c1ccccc1)P(c1ccccc1)c1ccccc1. The molecule has 6 heteroatoms. The Bertz CT molecular complexity index is 1180. The fourth-order valence-corrected chi connectivity index (χ4v) is 14.4. The van der Waals surface area contributed by atoms with Crippen LogP contribution in [0.1, 0.15) is 12.5 Å². The lowest BCUT2D eigenvalue weighted by Gasteiger charge is -2.41. The maximum Gasteiger partial charge on any atom is 0.281 e. The Morgan fingerprint density at radius 1 is 0.833 bits per heavy atom. The van der Waals surface area contributed by atoms with Gasteiger partial charge in [-0.1, -0.05) is 111 Å². The Hall–Kier alpha value is -1.54. The second-order valence-electron chi connectivity index (χ2n) is 10.5. The van der Waals surface area contributed by atoms with Crippen molar-refractivity contribution >= 4 is 34.1 Å². The smallest absolute Gasteiger partial charge is 0.281 e. The molecule has 1 aliphatic heterocycles. The van der Waals surface area contributed by atoms with Crippen molar-refractivity contribution in [3.8, 4) is 0 Å². The molecule has 185 valence electrons. The van der Waals surface area contributed by atoms with E-state index in [9.17, 15) is 0 Å². The van der Waals surface area contributed by atoms with Crippen molar-refractivity contribution in [2.45, 2.75) is 37.9 Å². The molecular weight excluding hydrogens is 496 g/mol. The molecule has 3 atom stereocenters. The van der Waals surface area contributed by atoms with Gasteiger partial charge in [0.25, 0.3) is 7.52 Å². The molecule has 3 aromatic carbocycles. The van der Waals surface area contributed by atoms with Crippen LogP contribution in [0.25, 0.3) is 0 Å². The van der Waals surface area contributed by atoms with Crippen molar-refractivity contribution < 1.29 is 9.09 Å². The van der Waals surface area contributed by atoms with Crippen molar-refractivity contribution in [3.05, 3.63) is 127 Å². The lowest BCUT2D eigenvalue weighted by Crippen LogP contribution is -2.42. The largest absolute Gasteiger partial charge is 0.298 e. The molecule has 1 heterocycles. The second kappa shape index (κ2) is 9.97. The van der Waals surface area contributed by atoms with E-state index in [0.29, 0.717) is 0 Å². The Kier molecular flexibility index (Phi) is 7.22. The van der Waals surface area contributed by atoms with E-state index in [1.807, 2.05) is 30.6 Å².